The van der Waals surface area contributed by atoms with Crippen LogP contribution in [0.3, 0.4) is 0 Å². The van der Waals surface area contributed by atoms with E-state index in [0.717, 1.165) is 71.7 Å². The van der Waals surface area contributed by atoms with Gasteiger partial charge in [0.2, 0.25) is 0 Å². The fourth-order valence-electron chi connectivity index (χ4n) is 6.86. The molecule has 0 aliphatic rings. The van der Waals surface area contributed by atoms with Crippen molar-refractivity contribution < 1.29 is 8.83 Å². The summed E-state index contributed by atoms with van der Waals surface area (Å²) >= 11 is 0. The summed E-state index contributed by atoms with van der Waals surface area (Å²) in [6.07, 6.45) is 0. The molecular formula is C43H25N3O2. The predicted octanol–water partition coefficient (Wildman–Crippen LogP) is 11.5. The largest absolute Gasteiger partial charge is 0.456 e. The highest BCUT2D eigenvalue weighted by Gasteiger charge is 2.20. The average molecular weight is 616 g/mol. The summed E-state index contributed by atoms with van der Waals surface area (Å²) in [4.78, 5) is 14.9. The van der Waals surface area contributed by atoms with Crippen LogP contribution in [0.5, 0.6) is 0 Å². The first kappa shape index (κ1) is 26.6. The Morgan fingerprint density at radius 1 is 0.333 bits per heavy atom. The Labute approximate surface area is 274 Å². The molecule has 5 nitrogen and oxygen atoms in total. The molecule has 10 rings (SSSR count). The lowest BCUT2D eigenvalue weighted by atomic mass is 9.95. The smallest absolute Gasteiger partial charge is 0.164 e. The van der Waals surface area contributed by atoms with Crippen LogP contribution in [-0.2, 0) is 0 Å². The third kappa shape index (κ3) is 4.22. The monoisotopic (exact) mass is 615 g/mol. The lowest BCUT2D eigenvalue weighted by molar-refractivity contribution is 0.668. The normalized spacial score (nSPS) is 11.8. The first-order valence-corrected chi connectivity index (χ1v) is 15.9. The molecule has 0 saturated heterocycles. The van der Waals surface area contributed by atoms with Crippen molar-refractivity contribution >= 4 is 54.6 Å². The molecule has 0 N–H and O–H groups in total. The average Bonchev–Trinajstić information content (AvgIpc) is 3.73. The number of para-hydroxylation sites is 1. The highest BCUT2D eigenvalue weighted by atomic mass is 16.3. The van der Waals surface area contributed by atoms with E-state index in [1.807, 2.05) is 84.9 Å². The summed E-state index contributed by atoms with van der Waals surface area (Å²) in [5.74, 6) is 1.80. The Bertz CT molecular complexity index is 2780. The van der Waals surface area contributed by atoms with Gasteiger partial charge in [0.25, 0.3) is 0 Å². The zero-order valence-electron chi connectivity index (χ0n) is 25.6. The topological polar surface area (TPSA) is 65.0 Å². The van der Waals surface area contributed by atoms with E-state index < -0.39 is 0 Å². The van der Waals surface area contributed by atoms with Crippen molar-refractivity contribution in [3.05, 3.63) is 152 Å². The first-order valence-electron chi connectivity index (χ1n) is 15.9. The molecule has 10 aromatic rings. The highest BCUT2D eigenvalue weighted by molar-refractivity contribution is 6.20. The summed E-state index contributed by atoms with van der Waals surface area (Å²) in [6, 6.07) is 51.6. The Balaban J connectivity index is 1.23. The Morgan fingerprint density at radius 3 is 1.67 bits per heavy atom. The minimum absolute atomic E-state index is 0.572. The quantitative estimate of drug-likeness (QED) is 0.197. The van der Waals surface area contributed by atoms with Crippen LogP contribution in [0.25, 0.3) is 99.9 Å². The molecule has 3 aromatic heterocycles. The number of hydrogen-bond donors (Lipinski definition) is 0. The van der Waals surface area contributed by atoms with Crippen molar-refractivity contribution in [3.63, 3.8) is 0 Å². The van der Waals surface area contributed by atoms with Gasteiger partial charge in [-0.1, -0.05) is 115 Å². The Morgan fingerprint density at radius 2 is 0.917 bits per heavy atom. The predicted molar refractivity (Wildman–Crippen MR) is 194 cm³/mol. The van der Waals surface area contributed by atoms with E-state index >= 15 is 0 Å². The Kier molecular flexibility index (Phi) is 5.81. The molecule has 0 unspecified atom stereocenters. The van der Waals surface area contributed by atoms with Gasteiger partial charge in [0, 0.05) is 38.2 Å². The van der Waals surface area contributed by atoms with Gasteiger partial charge in [-0.05, 0) is 58.3 Å². The van der Waals surface area contributed by atoms with E-state index in [0.29, 0.717) is 17.5 Å². The summed E-state index contributed by atoms with van der Waals surface area (Å²) in [5.41, 5.74) is 8.02. The number of rotatable bonds is 4. The number of nitrogens with zero attached hydrogens (tertiary/aromatic N) is 3. The second-order valence-electron chi connectivity index (χ2n) is 12.0. The van der Waals surface area contributed by atoms with Gasteiger partial charge in [-0.25, -0.2) is 15.0 Å². The third-order valence-electron chi connectivity index (χ3n) is 9.11. The van der Waals surface area contributed by atoms with Crippen LogP contribution in [0.15, 0.2) is 160 Å². The zero-order chi connectivity index (χ0) is 31.6. The van der Waals surface area contributed by atoms with Gasteiger partial charge < -0.3 is 8.83 Å². The molecule has 0 spiro atoms. The second kappa shape index (κ2) is 10.5. The number of aromatic nitrogens is 3. The molecule has 5 heteroatoms. The fraction of sp³-hybridized carbons (Fsp3) is 0. The van der Waals surface area contributed by atoms with Gasteiger partial charge in [-0.3, -0.25) is 0 Å². The highest BCUT2D eigenvalue weighted by Crippen LogP contribution is 2.42. The van der Waals surface area contributed by atoms with Crippen LogP contribution >= 0.6 is 0 Å². The lowest BCUT2D eigenvalue weighted by Gasteiger charge is -2.11. The zero-order valence-corrected chi connectivity index (χ0v) is 25.6. The number of hydrogen-bond acceptors (Lipinski definition) is 5. The molecule has 0 bridgehead atoms. The van der Waals surface area contributed by atoms with Gasteiger partial charge in [0.1, 0.15) is 22.3 Å². The van der Waals surface area contributed by atoms with Gasteiger partial charge in [0.05, 0.1) is 0 Å². The lowest BCUT2D eigenvalue weighted by Crippen LogP contribution is -2.00. The molecule has 0 atom stereocenters. The van der Waals surface area contributed by atoms with Crippen LogP contribution in [0, 0.1) is 0 Å². The summed E-state index contributed by atoms with van der Waals surface area (Å²) in [7, 11) is 0. The summed E-state index contributed by atoms with van der Waals surface area (Å²) in [6.45, 7) is 0. The fourth-order valence-corrected chi connectivity index (χ4v) is 6.86. The number of fused-ring (bicyclic) bond motifs is 8. The maximum absolute atomic E-state index is 6.50. The van der Waals surface area contributed by atoms with Gasteiger partial charge in [0.15, 0.2) is 17.5 Å². The number of furan rings is 2. The van der Waals surface area contributed by atoms with Crippen LogP contribution in [0.4, 0.5) is 0 Å². The summed E-state index contributed by atoms with van der Waals surface area (Å²) in [5, 5.41) is 6.69. The van der Waals surface area contributed by atoms with E-state index in [-0.39, 0.29) is 0 Å². The number of benzene rings is 7. The van der Waals surface area contributed by atoms with Crippen molar-refractivity contribution in [2.75, 3.05) is 0 Å². The molecule has 0 radical (unpaired) electrons. The molecule has 7 aromatic carbocycles. The van der Waals surface area contributed by atoms with Crippen molar-refractivity contribution in [2.24, 2.45) is 0 Å². The molecule has 0 amide bonds. The standard InChI is InChI=1S/C43H25N3O2/c1-3-12-27(13-4-1)41-44-42(28-14-5-2-6-15-28)46-43(45-41)30-23-34(40-32-17-9-10-18-35(32)47-38(40)25-30)29-19-21-33-37(24-29)48-36-22-20-26-11-7-8-16-31(26)39(33)36/h1-25H. The van der Waals surface area contributed by atoms with Crippen molar-refractivity contribution in [1.29, 1.82) is 0 Å². The van der Waals surface area contributed by atoms with Gasteiger partial charge >= 0.3 is 0 Å². The van der Waals surface area contributed by atoms with Crippen LogP contribution in [0.2, 0.25) is 0 Å². The van der Waals surface area contributed by atoms with Crippen molar-refractivity contribution in [3.8, 4) is 45.3 Å². The first-order chi connectivity index (χ1) is 23.8. The van der Waals surface area contributed by atoms with E-state index in [4.69, 9.17) is 23.8 Å². The van der Waals surface area contributed by atoms with E-state index in [1.54, 1.807) is 0 Å². The third-order valence-corrected chi connectivity index (χ3v) is 9.11. The molecular weight excluding hydrogens is 590 g/mol. The maximum atomic E-state index is 6.50. The molecule has 3 heterocycles. The van der Waals surface area contributed by atoms with Crippen LogP contribution < -0.4 is 0 Å². The minimum Gasteiger partial charge on any atom is -0.456 e. The van der Waals surface area contributed by atoms with Crippen molar-refractivity contribution in [1.82, 2.24) is 15.0 Å². The molecule has 0 aliphatic carbocycles. The SMILES string of the molecule is c1ccc(-c2nc(-c3ccccc3)nc(-c3cc(-c4ccc5c(c4)oc4ccc6ccccc6c45)c4c(c3)oc3ccccc34)n2)cc1. The van der Waals surface area contributed by atoms with E-state index in [9.17, 15) is 0 Å². The Hall–Kier alpha value is -6.59. The summed E-state index contributed by atoms with van der Waals surface area (Å²) < 4.78 is 13.0. The van der Waals surface area contributed by atoms with E-state index in [2.05, 4.69) is 66.7 Å². The minimum atomic E-state index is 0.572. The molecule has 0 aliphatic heterocycles. The molecule has 0 fully saturated rings. The molecule has 0 saturated carbocycles. The molecule has 224 valence electrons. The van der Waals surface area contributed by atoms with Crippen molar-refractivity contribution in [2.45, 2.75) is 0 Å². The van der Waals surface area contributed by atoms with Crippen LogP contribution in [-0.4, -0.2) is 15.0 Å². The maximum Gasteiger partial charge on any atom is 0.164 e. The van der Waals surface area contributed by atoms with Crippen LogP contribution in [0.1, 0.15) is 0 Å². The molecule has 48 heavy (non-hydrogen) atoms. The van der Waals surface area contributed by atoms with Gasteiger partial charge in [-0.15, -0.1) is 0 Å². The van der Waals surface area contributed by atoms with E-state index in [1.165, 1.54) is 10.8 Å². The van der Waals surface area contributed by atoms with Gasteiger partial charge in [-0.2, -0.15) is 0 Å². The second-order valence-corrected chi connectivity index (χ2v) is 12.0.